The first kappa shape index (κ1) is 22.6. The number of unbranched alkanes of at least 4 members (excludes halogenated alkanes) is 3. The molecule has 1 atom stereocenters. The molecule has 0 aliphatic carbocycles. The highest BCUT2D eigenvalue weighted by molar-refractivity contribution is 5.84. The largest absolute Gasteiger partial charge is 0.467 e. The van der Waals surface area contributed by atoms with Gasteiger partial charge >= 0.3 is 5.97 Å². The Kier molecular flexibility index (Phi) is 11.5. The number of carbonyl (C=O) groups is 3. The van der Waals surface area contributed by atoms with E-state index < -0.39 is 17.9 Å². The SMILES string of the molecule is COC(=O)[C@H](CCCC(=O)NO)NC(=O)CCCCCCc1ccccc1. The van der Waals surface area contributed by atoms with Crippen LogP contribution in [0.1, 0.15) is 56.9 Å². The average molecular weight is 378 g/mol. The van der Waals surface area contributed by atoms with Crippen molar-refractivity contribution < 1.29 is 24.3 Å². The highest BCUT2D eigenvalue weighted by atomic mass is 16.5. The Hall–Kier alpha value is -2.41. The molecule has 0 spiro atoms. The number of carbonyl (C=O) groups excluding carboxylic acids is 3. The normalized spacial score (nSPS) is 11.5. The first-order valence-corrected chi connectivity index (χ1v) is 9.41. The quantitative estimate of drug-likeness (QED) is 0.212. The lowest BCUT2D eigenvalue weighted by atomic mass is 10.1. The zero-order valence-corrected chi connectivity index (χ0v) is 15.9. The molecule has 1 aromatic carbocycles. The molecule has 2 amide bonds. The number of rotatable bonds is 13. The molecule has 0 saturated carbocycles. The summed E-state index contributed by atoms with van der Waals surface area (Å²) >= 11 is 0. The highest BCUT2D eigenvalue weighted by Gasteiger charge is 2.21. The number of benzene rings is 1. The van der Waals surface area contributed by atoms with E-state index in [2.05, 4.69) is 17.4 Å². The second kappa shape index (κ2) is 13.7. The molecule has 0 unspecified atom stereocenters. The number of nitrogens with one attached hydrogen (secondary N) is 2. The lowest BCUT2D eigenvalue weighted by Gasteiger charge is -2.16. The number of hydrogen-bond acceptors (Lipinski definition) is 5. The van der Waals surface area contributed by atoms with Gasteiger partial charge < -0.3 is 10.1 Å². The number of amides is 2. The van der Waals surface area contributed by atoms with Crippen LogP contribution in [0.4, 0.5) is 0 Å². The van der Waals surface area contributed by atoms with Crippen LogP contribution in [0.2, 0.25) is 0 Å². The number of hydrogen-bond donors (Lipinski definition) is 3. The first-order chi connectivity index (χ1) is 13.1. The maximum atomic E-state index is 12.0. The molecule has 0 radical (unpaired) electrons. The van der Waals surface area contributed by atoms with Crippen molar-refractivity contribution in [3.63, 3.8) is 0 Å². The molecule has 3 N–H and O–H groups in total. The van der Waals surface area contributed by atoms with E-state index in [4.69, 9.17) is 9.94 Å². The van der Waals surface area contributed by atoms with Crippen molar-refractivity contribution in [2.75, 3.05) is 7.11 Å². The van der Waals surface area contributed by atoms with Crippen LogP contribution in [0.3, 0.4) is 0 Å². The lowest BCUT2D eigenvalue weighted by molar-refractivity contribution is -0.145. The van der Waals surface area contributed by atoms with Crippen molar-refractivity contribution in [1.82, 2.24) is 10.8 Å². The molecule has 0 aromatic heterocycles. The molecule has 0 bridgehead atoms. The van der Waals surface area contributed by atoms with E-state index in [-0.39, 0.29) is 18.7 Å². The second-order valence-corrected chi connectivity index (χ2v) is 6.47. The number of hydroxylamine groups is 1. The number of aryl methyl sites for hydroxylation is 1. The van der Waals surface area contributed by atoms with Crippen LogP contribution in [0.25, 0.3) is 0 Å². The Balaban J connectivity index is 2.20. The lowest BCUT2D eigenvalue weighted by Crippen LogP contribution is -2.41. The van der Waals surface area contributed by atoms with Gasteiger partial charge in [0.25, 0.3) is 0 Å². The summed E-state index contributed by atoms with van der Waals surface area (Å²) in [6.45, 7) is 0. The third-order valence-corrected chi connectivity index (χ3v) is 4.30. The number of esters is 1. The van der Waals surface area contributed by atoms with Gasteiger partial charge in [0.05, 0.1) is 7.11 Å². The van der Waals surface area contributed by atoms with E-state index in [0.717, 1.165) is 32.1 Å². The van der Waals surface area contributed by atoms with Crippen molar-refractivity contribution in [2.45, 2.75) is 63.8 Å². The minimum atomic E-state index is -0.771. The van der Waals surface area contributed by atoms with Gasteiger partial charge in [0.15, 0.2) is 0 Å². The topological polar surface area (TPSA) is 105 Å². The van der Waals surface area contributed by atoms with E-state index in [0.29, 0.717) is 12.8 Å². The van der Waals surface area contributed by atoms with Crippen molar-refractivity contribution >= 4 is 17.8 Å². The van der Waals surface area contributed by atoms with Crippen molar-refractivity contribution in [3.05, 3.63) is 35.9 Å². The zero-order chi connectivity index (χ0) is 19.9. The van der Waals surface area contributed by atoms with Gasteiger partial charge in [-0.05, 0) is 37.7 Å². The van der Waals surface area contributed by atoms with E-state index in [9.17, 15) is 14.4 Å². The van der Waals surface area contributed by atoms with Crippen LogP contribution in [-0.2, 0) is 25.5 Å². The minimum absolute atomic E-state index is 0.0707. The van der Waals surface area contributed by atoms with Gasteiger partial charge in [-0.3, -0.25) is 14.8 Å². The van der Waals surface area contributed by atoms with Gasteiger partial charge in [0.1, 0.15) is 6.04 Å². The van der Waals surface area contributed by atoms with E-state index in [1.807, 2.05) is 18.2 Å². The number of ether oxygens (including phenoxy) is 1. The molecule has 150 valence electrons. The van der Waals surface area contributed by atoms with Crippen molar-refractivity contribution in [2.24, 2.45) is 0 Å². The molecule has 0 saturated heterocycles. The summed E-state index contributed by atoms with van der Waals surface area (Å²) in [5.41, 5.74) is 2.86. The summed E-state index contributed by atoms with van der Waals surface area (Å²) in [5, 5.41) is 11.1. The third kappa shape index (κ3) is 10.4. The molecule has 0 aliphatic rings. The predicted molar refractivity (Wildman–Crippen MR) is 101 cm³/mol. The molecular weight excluding hydrogens is 348 g/mol. The zero-order valence-electron chi connectivity index (χ0n) is 15.9. The fourth-order valence-corrected chi connectivity index (χ4v) is 2.79. The molecule has 0 heterocycles. The summed E-state index contributed by atoms with van der Waals surface area (Å²) in [6.07, 6.45) is 5.97. The monoisotopic (exact) mass is 378 g/mol. The molecular formula is C20H30N2O5. The Morgan fingerprint density at radius 2 is 1.63 bits per heavy atom. The Bertz CT molecular complexity index is 577. The summed E-state index contributed by atoms with van der Waals surface area (Å²) in [7, 11) is 1.26. The van der Waals surface area contributed by atoms with Gasteiger partial charge in [0, 0.05) is 12.8 Å². The molecule has 0 aliphatic heterocycles. The van der Waals surface area contributed by atoms with Crippen molar-refractivity contribution in [3.8, 4) is 0 Å². The van der Waals surface area contributed by atoms with E-state index in [1.165, 1.54) is 18.2 Å². The van der Waals surface area contributed by atoms with E-state index in [1.54, 1.807) is 0 Å². The Morgan fingerprint density at radius 1 is 0.963 bits per heavy atom. The van der Waals surface area contributed by atoms with E-state index >= 15 is 0 Å². The van der Waals surface area contributed by atoms with Crippen molar-refractivity contribution in [1.29, 1.82) is 0 Å². The molecule has 1 aromatic rings. The molecule has 7 heteroatoms. The summed E-state index contributed by atoms with van der Waals surface area (Å²) in [4.78, 5) is 34.8. The average Bonchev–Trinajstić information content (AvgIpc) is 2.69. The van der Waals surface area contributed by atoms with Crippen LogP contribution in [0, 0.1) is 0 Å². The highest BCUT2D eigenvalue weighted by Crippen LogP contribution is 2.09. The van der Waals surface area contributed by atoms with Crippen LogP contribution >= 0.6 is 0 Å². The Morgan fingerprint density at radius 3 is 2.30 bits per heavy atom. The smallest absolute Gasteiger partial charge is 0.328 e. The van der Waals surface area contributed by atoms with Crippen LogP contribution in [0.5, 0.6) is 0 Å². The first-order valence-electron chi connectivity index (χ1n) is 9.41. The third-order valence-electron chi connectivity index (χ3n) is 4.30. The fourth-order valence-electron chi connectivity index (χ4n) is 2.79. The molecule has 27 heavy (non-hydrogen) atoms. The van der Waals surface area contributed by atoms with Crippen LogP contribution < -0.4 is 10.8 Å². The molecule has 7 nitrogen and oxygen atoms in total. The van der Waals surface area contributed by atoms with Gasteiger partial charge in [-0.25, -0.2) is 10.3 Å². The van der Waals surface area contributed by atoms with Gasteiger partial charge in [-0.1, -0.05) is 43.2 Å². The van der Waals surface area contributed by atoms with Gasteiger partial charge in [-0.15, -0.1) is 0 Å². The number of methoxy groups -OCH3 is 1. The summed E-state index contributed by atoms with van der Waals surface area (Å²) < 4.78 is 4.69. The van der Waals surface area contributed by atoms with Crippen LogP contribution in [-0.4, -0.2) is 36.1 Å². The van der Waals surface area contributed by atoms with Crippen LogP contribution in [0.15, 0.2) is 30.3 Å². The summed E-state index contributed by atoms with van der Waals surface area (Å²) in [6, 6.07) is 9.54. The Labute approximate surface area is 160 Å². The fraction of sp³-hybridized carbons (Fsp3) is 0.550. The maximum Gasteiger partial charge on any atom is 0.328 e. The predicted octanol–water partition coefficient (Wildman–Crippen LogP) is 2.51. The standard InChI is InChI=1S/C20H30N2O5/c1-27-20(25)17(13-9-15-19(24)22-26)21-18(23)14-8-3-2-5-10-16-11-6-4-7-12-16/h4,6-7,11-12,17,26H,2-3,5,8-10,13-15H2,1H3,(H,21,23)(H,22,24)/t17-/m0/s1. The van der Waals surface area contributed by atoms with Gasteiger partial charge in [0.2, 0.25) is 11.8 Å². The minimum Gasteiger partial charge on any atom is -0.467 e. The second-order valence-electron chi connectivity index (χ2n) is 6.47. The molecule has 0 fully saturated rings. The maximum absolute atomic E-state index is 12.0. The molecule has 1 rings (SSSR count). The summed E-state index contributed by atoms with van der Waals surface area (Å²) in [5.74, 6) is -1.25. The van der Waals surface area contributed by atoms with Gasteiger partial charge in [-0.2, -0.15) is 0 Å².